The van der Waals surface area contributed by atoms with Crippen molar-refractivity contribution in [1.82, 2.24) is 30.9 Å². The largest absolute Gasteiger partial charge is 0.465 e. The Labute approximate surface area is 311 Å². The zero-order chi connectivity index (χ0) is 38.3. The first kappa shape index (κ1) is 42.2. The molecular formula is C38H56N6O7S. The van der Waals surface area contributed by atoms with Gasteiger partial charge in [-0.15, -0.1) is 11.3 Å². The number of hydrazine groups is 1. The van der Waals surface area contributed by atoms with Crippen LogP contribution in [0.15, 0.2) is 60.0 Å². The van der Waals surface area contributed by atoms with Gasteiger partial charge in [-0.3, -0.25) is 15.0 Å². The first-order chi connectivity index (χ1) is 24.7. The van der Waals surface area contributed by atoms with Gasteiger partial charge in [-0.25, -0.2) is 14.6 Å². The Balaban J connectivity index is 1.82. The fourth-order valence-electron chi connectivity index (χ4n) is 5.84. The fourth-order valence-corrected chi connectivity index (χ4v) is 6.80. The minimum atomic E-state index is -1.02. The van der Waals surface area contributed by atoms with E-state index in [1.807, 2.05) is 102 Å². The van der Waals surface area contributed by atoms with E-state index in [0.717, 1.165) is 21.2 Å². The standard InChI is InChI=1S/C38H56N6O7S/c1-8-50-35(51-9-2)27(3)43(24-29-26-52-32-21-14-13-19-30(29)32)34(46)31(20-15-16-22-44(37(48)49)38(4,5)6)40-33(45)25-42(7)41-36(47)39-23-28-17-11-10-12-18-28/h10-14,17-19,21,26-27,31,35H,8-9,15-16,20,22-25H2,1-7H3,(H,40,45)(H,48,49)(H2,39,41,47)/t27-,31-/m0/s1. The summed E-state index contributed by atoms with van der Waals surface area (Å²) in [5, 5.41) is 19.9. The highest BCUT2D eigenvalue weighted by atomic mass is 32.1. The predicted octanol–water partition coefficient (Wildman–Crippen LogP) is 5.80. The second-order valence-corrected chi connectivity index (χ2v) is 14.5. The third-order valence-electron chi connectivity index (χ3n) is 8.50. The monoisotopic (exact) mass is 740 g/mol. The molecule has 52 heavy (non-hydrogen) atoms. The number of benzene rings is 2. The molecule has 2 atom stereocenters. The van der Waals surface area contributed by atoms with E-state index < -0.39 is 41.9 Å². The zero-order valence-electron chi connectivity index (χ0n) is 31.5. The normalized spacial score (nSPS) is 12.8. The predicted molar refractivity (Wildman–Crippen MR) is 204 cm³/mol. The highest BCUT2D eigenvalue weighted by Crippen LogP contribution is 2.28. The van der Waals surface area contributed by atoms with E-state index in [1.54, 1.807) is 23.3 Å². The number of thiophene rings is 1. The van der Waals surface area contributed by atoms with Crippen LogP contribution in [-0.4, -0.2) is 101 Å². The first-order valence-electron chi connectivity index (χ1n) is 17.8. The molecule has 3 aromatic rings. The van der Waals surface area contributed by atoms with Crippen molar-refractivity contribution in [2.45, 2.75) is 97.8 Å². The number of amides is 5. The van der Waals surface area contributed by atoms with Gasteiger partial charge in [-0.05, 0) is 88.8 Å². The van der Waals surface area contributed by atoms with Crippen molar-refractivity contribution < 1.29 is 33.8 Å². The number of carbonyl (C=O) groups is 4. The molecule has 0 unspecified atom stereocenters. The number of carbonyl (C=O) groups excluding carboxylic acids is 3. The van der Waals surface area contributed by atoms with Crippen LogP contribution in [0.25, 0.3) is 10.1 Å². The number of ether oxygens (including phenoxy) is 2. The van der Waals surface area contributed by atoms with Crippen LogP contribution < -0.4 is 16.1 Å². The first-order valence-corrected chi connectivity index (χ1v) is 18.7. The summed E-state index contributed by atoms with van der Waals surface area (Å²) in [6, 6.07) is 15.5. The second kappa shape index (κ2) is 20.7. The lowest BCUT2D eigenvalue weighted by molar-refractivity contribution is -0.179. The van der Waals surface area contributed by atoms with Gasteiger partial charge in [0, 0.05) is 50.1 Å². The highest BCUT2D eigenvalue weighted by Gasteiger charge is 2.34. The molecule has 0 spiro atoms. The molecular weight excluding hydrogens is 685 g/mol. The average Bonchev–Trinajstić information content (AvgIpc) is 3.50. The number of hydrogen-bond donors (Lipinski definition) is 4. The Morgan fingerprint density at radius 3 is 2.23 bits per heavy atom. The van der Waals surface area contributed by atoms with Gasteiger partial charge in [0.15, 0.2) is 6.29 Å². The summed E-state index contributed by atoms with van der Waals surface area (Å²) in [5.41, 5.74) is 3.94. The van der Waals surface area contributed by atoms with Gasteiger partial charge < -0.3 is 35.0 Å². The van der Waals surface area contributed by atoms with E-state index in [4.69, 9.17) is 9.47 Å². The van der Waals surface area contributed by atoms with Crippen LogP contribution in [0.4, 0.5) is 9.59 Å². The molecule has 3 rings (SSSR count). The molecule has 0 fully saturated rings. The number of unbranched alkanes of at least 4 members (excludes halogenated alkanes) is 1. The number of likely N-dealkylation sites (N-methyl/N-ethyl adjacent to an activating group) is 1. The van der Waals surface area contributed by atoms with Gasteiger partial charge >= 0.3 is 12.1 Å². The second-order valence-electron chi connectivity index (χ2n) is 13.6. The van der Waals surface area contributed by atoms with Gasteiger partial charge in [0.1, 0.15) is 6.04 Å². The molecule has 1 heterocycles. The number of urea groups is 1. The summed E-state index contributed by atoms with van der Waals surface area (Å²) in [7, 11) is 1.57. The summed E-state index contributed by atoms with van der Waals surface area (Å²) in [6.45, 7) is 12.5. The Morgan fingerprint density at radius 2 is 1.60 bits per heavy atom. The number of nitrogens with zero attached hydrogens (tertiary/aromatic N) is 3. The topological polar surface area (TPSA) is 153 Å². The van der Waals surface area contributed by atoms with E-state index in [0.29, 0.717) is 32.6 Å². The van der Waals surface area contributed by atoms with E-state index >= 15 is 0 Å². The van der Waals surface area contributed by atoms with Crippen LogP contribution in [0.2, 0.25) is 0 Å². The number of hydrogen-bond acceptors (Lipinski definition) is 8. The Morgan fingerprint density at radius 1 is 0.942 bits per heavy atom. The smallest absolute Gasteiger partial charge is 0.407 e. The van der Waals surface area contributed by atoms with E-state index in [9.17, 15) is 24.3 Å². The molecule has 286 valence electrons. The number of rotatable bonds is 20. The summed E-state index contributed by atoms with van der Waals surface area (Å²) in [4.78, 5) is 55.7. The molecule has 0 aliphatic rings. The summed E-state index contributed by atoms with van der Waals surface area (Å²) in [5.74, 6) is -0.784. The molecule has 4 N–H and O–H groups in total. The molecule has 0 radical (unpaired) electrons. The van der Waals surface area contributed by atoms with Crippen LogP contribution in [-0.2, 0) is 32.2 Å². The number of carboxylic acid groups (broad SMARTS) is 1. The van der Waals surface area contributed by atoms with E-state index in [-0.39, 0.29) is 32.0 Å². The van der Waals surface area contributed by atoms with Crippen LogP contribution in [0.5, 0.6) is 0 Å². The van der Waals surface area contributed by atoms with Crippen molar-refractivity contribution in [3.8, 4) is 0 Å². The average molecular weight is 741 g/mol. The lowest BCUT2D eigenvalue weighted by atomic mass is 10.0. The molecule has 14 heteroatoms. The lowest BCUT2D eigenvalue weighted by Gasteiger charge is -2.37. The molecule has 0 saturated carbocycles. The van der Waals surface area contributed by atoms with Crippen LogP contribution in [0, 0.1) is 0 Å². The zero-order valence-corrected chi connectivity index (χ0v) is 32.3. The third-order valence-corrected chi connectivity index (χ3v) is 9.51. The molecule has 0 aliphatic heterocycles. The maximum Gasteiger partial charge on any atom is 0.407 e. The Hall–Kier alpha value is -4.24. The van der Waals surface area contributed by atoms with E-state index in [1.165, 1.54) is 9.91 Å². The van der Waals surface area contributed by atoms with Crippen molar-refractivity contribution in [3.63, 3.8) is 0 Å². The van der Waals surface area contributed by atoms with Crippen molar-refractivity contribution in [3.05, 3.63) is 71.1 Å². The van der Waals surface area contributed by atoms with Crippen LogP contribution in [0.1, 0.15) is 71.9 Å². The molecule has 5 amide bonds. The maximum atomic E-state index is 14.7. The maximum absolute atomic E-state index is 14.7. The van der Waals surface area contributed by atoms with Gasteiger partial charge in [0.05, 0.1) is 12.6 Å². The summed E-state index contributed by atoms with van der Waals surface area (Å²) in [6.07, 6.45) is -0.509. The van der Waals surface area contributed by atoms with Crippen molar-refractivity contribution in [1.29, 1.82) is 0 Å². The van der Waals surface area contributed by atoms with Gasteiger partial charge in [0.2, 0.25) is 11.8 Å². The van der Waals surface area contributed by atoms with Crippen molar-refractivity contribution >= 4 is 45.4 Å². The Kier molecular flexibility index (Phi) is 16.8. The number of fused-ring (bicyclic) bond motifs is 1. The lowest BCUT2D eigenvalue weighted by Crippen LogP contribution is -2.56. The van der Waals surface area contributed by atoms with Gasteiger partial charge in [-0.2, -0.15) is 0 Å². The molecule has 2 aromatic carbocycles. The quantitative estimate of drug-likeness (QED) is 0.0645. The molecule has 0 bridgehead atoms. The molecule has 13 nitrogen and oxygen atoms in total. The highest BCUT2D eigenvalue weighted by molar-refractivity contribution is 7.17. The molecule has 0 aliphatic carbocycles. The van der Waals surface area contributed by atoms with Crippen molar-refractivity contribution in [2.24, 2.45) is 0 Å². The minimum absolute atomic E-state index is 0.218. The third kappa shape index (κ3) is 13.1. The van der Waals surface area contributed by atoms with Gasteiger partial charge in [-0.1, -0.05) is 48.5 Å². The number of nitrogens with one attached hydrogen (secondary N) is 3. The van der Waals surface area contributed by atoms with Crippen molar-refractivity contribution in [2.75, 3.05) is 33.4 Å². The minimum Gasteiger partial charge on any atom is -0.465 e. The fraction of sp³-hybridized carbons (Fsp3) is 0.526. The molecule has 0 saturated heterocycles. The van der Waals surface area contributed by atoms with Crippen LogP contribution in [0.3, 0.4) is 0 Å². The SMILES string of the molecule is CCOC(OCC)[C@H](C)N(Cc1csc2ccccc12)C(=O)[C@H](CCCCN(C(=O)O)C(C)(C)C)NC(=O)CN(C)NC(=O)NCc1ccccc1. The summed E-state index contributed by atoms with van der Waals surface area (Å²) >= 11 is 1.60. The molecule has 1 aromatic heterocycles. The van der Waals surface area contributed by atoms with Gasteiger partial charge in [0.25, 0.3) is 0 Å². The van der Waals surface area contributed by atoms with E-state index in [2.05, 4.69) is 16.1 Å². The Bertz CT molecular complexity index is 1570. The summed E-state index contributed by atoms with van der Waals surface area (Å²) < 4.78 is 13.0. The van der Waals surface area contributed by atoms with Crippen LogP contribution >= 0.6 is 11.3 Å².